The zero-order valence-electron chi connectivity index (χ0n) is 22.2. The number of nitrogens with two attached hydrogens (primary N) is 3. The summed E-state index contributed by atoms with van der Waals surface area (Å²) in [6.45, 7) is -0.106. The predicted octanol–water partition coefficient (Wildman–Crippen LogP) is -4.90. The molecule has 0 spiro atoms. The highest BCUT2D eigenvalue weighted by molar-refractivity contribution is 5.96. The van der Waals surface area contributed by atoms with Crippen LogP contribution in [0.25, 0.3) is 0 Å². The van der Waals surface area contributed by atoms with E-state index in [0.29, 0.717) is 5.56 Å². The molecule has 0 aliphatic rings. The fourth-order valence-electron chi connectivity index (χ4n) is 3.23. The van der Waals surface area contributed by atoms with Gasteiger partial charge in [0, 0.05) is 6.42 Å². The number of benzene rings is 1. The number of nitrogens with one attached hydrogen (secondary N) is 5. The Kier molecular flexibility index (Phi) is 13.9. The molecule has 0 saturated carbocycles. The van der Waals surface area contributed by atoms with Gasteiger partial charge in [0.15, 0.2) is 0 Å². The maximum Gasteiger partial charge on any atom is 0.325 e. The number of carboxylic acids is 1. The fraction of sp³-hybridized carbons (Fsp3) is 0.417. The van der Waals surface area contributed by atoms with Gasteiger partial charge in [-0.2, -0.15) is 0 Å². The largest absolute Gasteiger partial charge is 0.480 e. The minimum atomic E-state index is -1.52. The second kappa shape index (κ2) is 16.8. The first kappa shape index (κ1) is 34.0. The Labute approximate surface area is 234 Å². The summed E-state index contributed by atoms with van der Waals surface area (Å²) in [4.78, 5) is 95.2. The van der Waals surface area contributed by atoms with Crippen molar-refractivity contribution in [3.8, 4) is 0 Å². The molecule has 41 heavy (non-hydrogen) atoms. The minimum Gasteiger partial charge on any atom is -0.480 e. The van der Waals surface area contributed by atoms with E-state index in [-0.39, 0.29) is 6.42 Å². The smallest absolute Gasteiger partial charge is 0.325 e. The van der Waals surface area contributed by atoms with E-state index in [1.165, 1.54) is 6.92 Å². The number of rotatable bonds is 17. The SMILES string of the molecule is C[C@H](NC(=O)[C@H](Cc1ccccc1)NC(=O)CNC(=O)[C@H](CC(N)=O)NC(=O)CNC(=O)[C@@H](N)CC(N)=O)C(=O)O. The molecule has 1 rings (SSSR count). The van der Waals surface area contributed by atoms with Crippen molar-refractivity contribution in [1.82, 2.24) is 26.6 Å². The lowest BCUT2D eigenvalue weighted by Crippen LogP contribution is -2.55. The van der Waals surface area contributed by atoms with Crippen LogP contribution in [-0.4, -0.2) is 89.7 Å². The van der Waals surface area contributed by atoms with E-state index in [2.05, 4.69) is 26.6 Å². The molecule has 4 atom stereocenters. The van der Waals surface area contributed by atoms with E-state index in [1.54, 1.807) is 30.3 Å². The van der Waals surface area contributed by atoms with Crippen molar-refractivity contribution in [1.29, 1.82) is 0 Å². The predicted molar refractivity (Wildman–Crippen MR) is 141 cm³/mol. The van der Waals surface area contributed by atoms with Crippen molar-refractivity contribution in [3.63, 3.8) is 0 Å². The Morgan fingerprint density at radius 2 is 1.24 bits per heavy atom. The summed E-state index contributed by atoms with van der Waals surface area (Å²) < 4.78 is 0. The molecule has 0 radical (unpaired) electrons. The first-order valence-corrected chi connectivity index (χ1v) is 12.2. The number of hydrogen-bond donors (Lipinski definition) is 9. The van der Waals surface area contributed by atoms with Crippen LogP contribution in [-0.2, 0) is 44.8 Å². The highest BCUT2D eigenvalue weighted by Gasteiger charge is 2.27. The van der Waals surface area contributed by atoms with Crippen LogP contribution in [0.4, 0.5) is 0 Å². The molecule has 1 aromatic rings. The van der Waals surface area contributed by atoms with E-state index >= 15 is 0 Å². The Morgan fingerprint density at radius 3 is 1.76 bits per heavy atom. The Balaban J connectivity index is 2.78. The summed E-state index contributed by atoms with van der Waals surface area (Å²) in [5.74, 6) is -7.45. The zero-order chi connectivity index (χ0) is 31.1. The van der Waals surface area contributed by atoms with Crippen LogP contribution in [0.3, 0.4) is 0 Å². The van der Waals surface area contributed by atoms with Crippen LogP contribution >= 0.6 is 0 Å². The molecule has 1 aromatic carbocycles. The van der Waals surface area contributed by atoms with Gasteiger partial charge in [-0.05, 0) is 12.5 Å². The number of hydrogen-bond acceptors (Lipinski definition) is 9. The van der Waals surface area contributed by atoms with Crippen molar-refractivity contribution >= 4 is 47.3 Å². The average molecular weight is 579 g/mol. The molecular weight excluding hydrogens is 544 g/mol. The van der Waals surface area contributed by atoms with Crippen molar-refractivity contribution < 1.29 is 43.5 Å². The van der Waals surface area contributed by atoms with Crippen molar-refractivity contribution in [2.45, 2.75) is 50.4 Å². The molecule has 0 fully saturated rings. The first-order valence-electron chi connectivity index (χ1n) is 12.2. The topological polar surface area (TPSA) is 295 Å². The summed E-state index contributed by atoms with van der Waals surface area (Å²) in [5.41, 5.74) is 16.2. The lowest BCUT2D eigenvalue weighted by atomic mass is 10.0. The Bertz CT molecular complexity index is 1150. The van der Waals surface area contributed by atoms with Gasteiger partial charge in [0.1, 0.15) is 18.1 Å². The normalized spacial score (nSPS) is 13.3. The van der Waals surface area contributed by atoms with E-state index < -0.39 is 97.4 Å². The van der Waals surface area contributed by atoms with Crippen LogP contribution in [0.15, 0.2) is 30.3 Å². The zero-order valence-corrected chi connectivity index (χ0v) is 22.2. The molecule has 0 bridgehead atoms. The van der Waals surface area contributed by atoms with Crippen LogP contribution in [0, 0.1) is 0 Å². The van der Waals surface area contributed by atoms with Gasteiger partial charge in [0.05, 0.1) is 32.0 Å². The Hall–Kier alpha value is -5.06. The molecular formula is C24H34N8O9. The third-order valence-electron chi connectivity index (χ3n) is 5.32. The second-order valence-electron chi connectivity index (χ2n) is 8.88. The summed E-state index contributed by atoms with van der Waals surface area (Å²) in [7, 11) is 0. The summed E-state index contributed by atoms with van der Waals surface area (Å²) >= 11 is 0. The number of carboxylic acid groups (broad SMARTS) is 1. The number of aliphatic carboxylic acids is 1. The van der Waals surface area contributed by atoms with Gasteiger partial charge >= 0.3 is 5.97 Å². The number of carbonyl (C=O) groups is 8. The molecule has 0 aliphatic carbocycles. The standard InChI is InChI=1S/C24H34N8O9/c1-12(24(40)41)30-23(39)15(7-13-5-3-2-4-6-13)31-20(36)11-29-22(38)16(9-18(27)34)32-19(35)10-28-21(37)14(25)8-17(26)33/h2-6,12,14-16H,7-11,25H2,1H3,(H2,26,33)(H2,27,34)(H,28,37)(H,29,38)(H,30,39)(H,31,36)(H,32,35)(H,40,41)/t12-,14-,15-,16-/m0/s1. The number of amides is 7. The molecule has 7 amide bonds. The van der Waals surface area contributed by atoms with Gasteiger partial charge in [-0.1, -0.05) is 30.3 Å². The van der Waals surface area contributed by atoms with Crippen LogP contribution < -0.4 is 43.8 Å². The molecule has 0 heterocycles. The molecule has 0 saturated heterocycles. The van der Waals surface area contributed by atoms with Gasteiger partial charge in [-0.3, -0.25) is 38.4 Å². The van der Waals surface area contributed by atoms with Crippen LogP contribution in [0.1, 0.15) is 25.3 Å². The third kappa shape index (κ3) is 13.5. The fourth-order valence-corrected chi connectivity index (χ4v) is 3.23. The van der Waals surface area contributed by atoms with Crippen LogP contribution in [0.2, 0.25) is 0 Å². The third-order valence-corrected chi connectivity index (χ3v) is 5.32. The lowest BCUT2D eigenvalue weighted by Gasteiger charge is -2.21. The molecule has 0 unspecified atom stereocenters. The van der Waals surface area contributed by atoms with E-state index in [0.717, 1.165) is 0 Å². The maximum atomic E-state index is 12.7. The Morgan fingerprint density at radius 1 is 0.732 bits per heavy atom. The molecule has 17 nitrogen and oxygen atoms in total. The summed E-state index contributed by atoms with van der Waals surface area (Å²) in [6.07, 6.45) is -1.11. The average Bonchev–Trinajstić information content (AvgIpc) is 2.89. The summed E-state index contributed by atoms with van der Waals surface area (Å²) in [5, 5.41) is 20.3. The molecule has 12 N–H and O–H groups in total. The van der Waals surface area contributed by atoms with Crippen molar-refractivity contribution in [2.24, 2.45) is 17.2 Å². The maximum absolute atomic E-state index is 12.7. The van der Waals surface area contributed by atoms with E-state index in [4.69, 9.17) is 22.3 Å². The van der Waals surface area contributed by atoms with Gasteiger partial charge in [0.25, 0.3) is 0 Å². The monoisotopic (exact) mass is 578 g/mol. The summed E-state index contributed by atoms with van der Waals surface area (Å²) in [6, 6.07) is 3.29. The molecule has 17 heteroatoms. The molecule has 0 aliphatic heterocycles. The molecule has 0 aromatic heterocycles. The van der Waals surface area contributed by atoms with E-state index in [9.17, 15) is 38.4 Å². The van der Waals surface area contributed by atoms with Gasteiger partial charge in [-0.25, -0.2) is 0 Å². The van der Waals surface area contributed by atoms with E-state index in [1.807, 2.05) is 0 Å². The van der Waals surface area contributed by atoms with Crippen molar-refractivity contribution in [2.75, 3.05) is 13.1 Å². The van der Waals surface area contributed by atoms with Crippen LogP contribution in [0.5, 0.6) is 0 Å². The number of carbonyl (C=O) groups excluding carboxylic acids is 7. The number of primary amides is 2. The first-order chi connectivity index (χ1) is 19.2. The lowest BCUT2D eigenvalue weighted by molar-refractivity contribution is -0.141. The minimum absolute atomic E-state index is 0.00781. The van der Waals surface area contributed by atoms with Gasteiger partial charge < -0.3 is 48.9 Å². The van der Waals surface area contributed by atoms with Gasteiger partial charge in [0.2, 0.25) is 41.4 Å². The quantitative estimate of drug-likeness (QED) is 0.0848. The van der Waals surface area contributed by atoms with Gasteiger partial charge in [-0.15, -0.1) is 0 Å². The van der Waals surface area contributed by atoms with Crippen molar-refractivity contribution in [3.05, 3.63) is 35.9 Å². The highest BCUT2D eigenvalue weighted by Crippen LogP contribution is 2.04. The molecule has 224 valence electrons. The highest BCUT2D eigenvalue weighted by atomic mass is 16.4. The second-order valence-corrected chi connectivity index (χ2v) is 8.88.